The summed E-state index contributed by atoms with van der Waals surface area (Å²) in [6, 6.07) is 6.95. The van der Waals surface area contributed by atoms with Gasteiger partial charge in [-0.15, -0.1) is 0 Å². The van der Waals surface area contributed by atoms with E-state index in [9.17, 15) is 32.4 Å². The quantitative estimate of drug-likeness (QED) is 0.180. The molecule has 0 saturated heterocycles. The zero-order valence-corrected chi connectivity index (χ0v) is 17.3. The molecule has 0 fully saturated rings. The minimum absolute atomic E-state index is 0.189. The Morgan fingerprint density at radius 2 is 2.09 bits per heavy atom. The number of nitrogens with one attached hydrogen (secondary N) is 1. The van der Waals surface area contributed by atoms with E-state index in [-0.39, 0.29) is 30.9 Å². The summed E-state index contributed by atoms with van der Waals surface area (Å²) in [7, 11) is 0. The summed E-state index contributed by atoms with van der Waals surface area (Å²) in [5.74, 6) is 2.46. The van der Waals surface area contributed by atoms with Crippen molar-refractivity contribution in [2.45, 2.75) is 37.8 Å². The van der Waals surface area contributed by atoms with Crippen LogP contribution < -0.4 is 11.2 Å². The number of anilines is 1. The fourth-order valence-corrected chi connectivity index (χ4v) is 3.43. The highest BCUT2D eigenvalue weighted by Crippen LogP contribution is 2.32. The van der Waals surface area contributed by atoms with E-state index in [1.807, 2.05) is 6.07 Å². The Morgan fingerprint density at radius 3 is 2.73 bits per heavy atom. The minimum atomic E-state index is -4.77. The Labute approximate surface area is 187 Å². The van der Waals surface area contributed by atoms with Gasteiger partial charge >= 0.3 is 6.18 Å². The first-order chi connectivity index (χ1) is 15.7. The Balaban J connectivity index is 2.20. The van der Waals surface area contributed by atoms with Gasteiger partial charge in [-0.05, 0) is 43.2 Å². The zero-order chi connectivity index (χ0) is 24.4. The number of hydrogen-bond acceptors (Lipinski definition) is 6. The van der Waals surface area contributed by atoms with Crippen molar-refractivity contribution in [3.63, 3.8) is 0 Å². The molecule has 33 heavy (non-hydrogen) atoms. The maximum Gasteiger partial charge on any atom is 0.416 e. The lowest BCUT2D eigenvalue weighted by Gasteiger charge is -2.21. The van der Waals surface area contributed by atoms with E-state index in [0.717, 1.165) is 12.4 Å². The maximum atomic E-state index is 13.6. The first-order valence-corrected chi connectivity index (χ1v) is 9.87. The van der Waals surface area contributed by atoms with Crippen molar-refractivity contribution in [3.05, 3.63) is 59.2 Å². The number of aromatic nitrogens is 1. The van der Waals surface area contributed by atoms with Gasteiger partial charge < -0.3 is 16.0 Å². The average molecular weight is 463 g/mol. The van der Waals surface area contributed by atoms with Crippen molar-refractivity contribution in [2.75, 3.05) is 5.32 Å². The molecular formula is C22H21F4N5O2. The summed E-state index contributed by atoms with van der Waals surface area (Å²) in [4.78, 5) is 27.6. The van der Waals surface area contributed by atoms with Crippen molar-refractivity contribution >= 4 is 24.1 Å². The van der Waals surface area contributed by atoms with Crippen LogP contribution in [-0.4, -0.2) is 23.4 Å². The van der Waals surface area contributed by atoms with E-state index >= 15 is 0 Å². The van der Waals surface area contributed by atoms with Gasteiger partial charge in [0.05, 0.1) is 16.8 Å². The van der Waals surface area contributed by atoms with Crippen LogP contribution in [0.5, 0.6) is 0 Å². The molecule has 11 heteroatoms. The number of carbonyl (C=O) groups excluding carboxylic acids is 2. The number of carbonyl (C=O) groups is 2. The van der Waals surface area contributed by atoms with Gasteiger partial charge in [0, 0.05) is 42.8 Å². The number of nitrogens with two attached hydrogens (primary N) is 1. The largest absolute Gasteiger partial charge is 0.416 e. The van der Waals surface area contributed by atoms with Crippen LogP contribution in [0.1, 0.15) is 48.4 Å². The molecule has 0 aliphatic carbocycles. The topological polar surface area (TPSA) is 121 Å². The second kappa shape index (κ2) is 11.7. The molecule has 1 aromatic carbocycles. The molecule has 3 N–H and O–H groups in total. The lowest BCUT2D eigenvalue weighted by atomic mass is 9.85. The number of benzene rings is 1. The standard InChI is InChI=1S/C22H21F4N5O2/c23-18-9-17(22(24,25)26)10-19(11-18)31-20(33)8-14(13-30-28)7-15(4-2-6-32)21-16(12-27)3-1-5-29-21/h1,3,5-6,9-11,13-15H,2,4,7-8,28H2,(H,31,33). The molecule has 1 heterocycles. The number of aldehydes is 1. The van der Waals surface area contributed by atoms with Gasteiger partial charge in [0.15, 0.2) is 0 Å². The van der Waals surface area contributed by atoms with Gasteiger partial charge in [-0.2, -0.15) is 23.5 Å². The summed E-state index contributed by atoms with van der Waals surface area (Å²) in [6.07, 6.45) is -0.694. The van der Waals surface area contributed by atoms with E-state index < -0.39 is 29.4 Å². The molecule has 174 valence electrons. The minimum Gasteiger partial charge on any atom is -0.326 e. The maximum absolute atomic E-state index is 13.6. The van der Waals surface area contributed by atoms with E-state index in [1.54, 1.807) is 12.1 Å². The van der Waals surface area contributed by atoms with E-state index in [1.165, 1.54) is 12.4 Å². The van der Waals surface area contributed by atoms with E-state index in [0.29, 0.717) is 29.8 Å². The van der Waals surface area contributed by atoms with Gasteiger partial charge in [-0.3, -0.25) is 9.78 Å². The van der Waals surface area contributed by atoms with Crippen LogP contribution in [0, 0.1) is 23.1 Å². The van der Waals surface area contributed by atoms with Crippen LogP contribution in [0.2, 0.25) is 0 Å². The number of pyridine rings is 1. The zero-order valence-electron chi connectivity index (χ0n) is 17.3. The van der Waals surface area contributed by atoms with Gasteiger partial charge in [-0.1, -0.05) is 0 Å². The van der Waals surface area contributed by atoms with Crippen LogP contribution in [0.3, 0.4) is 0 Å². The summed E-state index contributed by atoms with van der Waals surface area (Å²) in [6.45, 7) is 0. The highest BCUT2D eigenvalue weighted by atomic mass is 19.4. The molecule has 2 rings (SSSR count). The highest BCUT2D eigenvalue weighted by Gasteiger charge is 2.31. The number of halogens is 4. The van der Waals surface area contributed by atoms with Gasteiger partial charge in [0.1, 0.15) is 18.2 Å². The number of nitrogens with zero attached hydrogens (tertiary/aromatic N) is 3. The van der Waals surface area contributed by atoms with Crippen LogP contribution in [0.25, 0.3) is 0 Å². The molecule has 2 atom stereocenters. The molecule has 0 saturated carbocycles. The predicted molar refractivity (Wildman–Crippen MR) is 112 cm³/mol. The third-order valence-electron chi connectivity index (χ3n) is 4.82. The van der Waals surface area contributed by atoms with Crippen molar-refractivity contribution in [3.8, 4) is 6.07 Å². The third kappa shape index (κ3) is 7.68. The lowest BCUT2D eigenvalue weighted by molar-refractivity contribution is -0.137. The molecule has 0 spiro atoms. The van der Waals surface area contributed by atoms with Gasteiger partial charge in [-0.25, -0.2) is 4.39 Å². The first kappa shape index (κ1) is 25.5. The van der Waals surface area contributed by atoms with Gasteiger partial charge in [0.2, 0.25) is 5.91 Å². The summed E-state index contributed by atoms with van der Waals surface area (Å²) >= 11 is 0. The molecule has 0 aliphatic heterocycles. The number of nitriles is 1. The molecule has 0 radical (unpaired) electrons. The Bertz CT molecular complexity index is 1050. The summed E-state index contributed by atoms with van der Waals surface area (Å²) < 4.78 is 52.3. The van der Waals surface area contributed by atoms with Gasteiger partial charge in [0.25, 0.3) is 0 Å². The SMILES string of the molecule is N#Cc1cccnc1C(CCC=O)CC(C=NN)CC(=O)Nc1cc(F)cc(C(F)(F)F)c1. The van der Waals surface area contributed by atoms with E-state index in [4.69, 9.17) is 5.84 Å². The first-order valence-electron chi connectivity index (χ1n) is 9.87. The predicted octanol–water partition coefficient (Wildman–Crippen LogP) is 4.15. The number of hydrazone groups is 1. The van der Waals surface area contributed by atoms with Crippen molar-refractivity contribution in [2.24, 2.45) is 16.9 Å². The number of hydrogen-bond donors (Lipinski definition) is 2. The molecular weight excluding hydrogens is 442 g/mol. The molecule has 1 aromatic heterocycles. The molecule has 2 unspecified atom stereocenters. The fourth-order valence-electron chi connectivity index (χ4n) is 3.43. The van der Waals surface area contributed by atoms with Crippen LogP contribution >= 0.6 is 0 Å². The highest BCUT2D eigenvalue weighted by molar-refractivity contribution is 5.92. The molecule has 1 amide bonds. The van der Waals surface area contributed by atoms with Crippen LogP contribution in [-0.2, 0) is 15.8 Å². The Kier molecular flexibility index (Phi) is 9.03. The van der Waals surface area contributed by atoms with E-state index in [2.05, 4.69) is 15.4 Å². The third-order valence-corrected chi connectivity index (χ3v) is 4.82. The lowest BCUT2D eigenvalue weighted by Crippen LogP contribution is -2.21. The molecule has 2 aromatic rings. The average Bonchev–Trinajstić information content (AvgIpc) is 2.75. The number of rotatable bonds is 10. The number of alkyl halides is 3. The Morgan fingerprint density at radius 1 is 1.33 bits per heavy atom. The second-order valence-electron chi connectivity index (χ2n) is 7.26. The molecule has 0 bridgehead atoms. The normalized spacial score (nSPS) is 13.3. The van der Waals surface area contributed by atoms with Crippen LogP contribution in [0.4, 0.5) is 23.2 Å². The van der Waals surface area contributed by atoms with Crippen molar-refractivity contribution in [1.82, 2.24) is 4.98 Å². The second-order valence-corrected chi connectivity index (χ2v) is 7.26. The Hall–Kier alpha value is -3.81. The van der Waals surface area contributed by atoms with Crippen LogP contribution in [0.15, 0.2) is 41.6 Å². The smallest absolute Gasteiger partial charge is 0.326 e. The summed E-state index contributed by atoms with van der Waals surface area (Å²) in [5.41, 5.74) is -0.797. The summed E-state index contributed by atoms with van der Waals surface area (Å²) in [5, 5.41) is 15.1. The van der Waals surface area contributed by atoms with Crippen molar-refractivity contribution < 1.29 is 27.2 Å². The fraction of sp³-hybridized carbons (Fsp3) is 0.318. The number of amides is 1. The molecule has 0 aliphatic rings. The monoisotopic (exact) mass is 463 g/mol. The molecule has 7 nitrogen and oxygen atoms in total. The van der Waals surface area contributed by atoms with Crippen molar-refractivity contribution in [1.29, 1.82) is 5.26 Å².